The summed E-state index contributed by atoms with van der Waals surface area (Å²) in [5.41, 5.74) is 0.932. The number of piperidine rings is 1. The van der Waals surface area contributed by atoms with Crippen molar-refractivity contribution in [2.75, 3.05) is 25.0 Å². The Bertz CT molecular complexity index is 1130. The lowest BCUT2D eigenvalue weighted by Crippen LogP contribution is -2.49. The summed E-state index contributed by atoms with van der Waals surface area (Å²) in [6.45, 7) is 5.20. The second-order valence-electron chi connectivity index (χ2n) is 9.33. The standard InChI is InChI=1S/C26H33N3O5S/c1-19-6-5-7-20(2)29(19)25(30)18-34-23-12-8-21(9-13-23)26(31)27-22-10-14-24(15-11-22)35(32,33)28-16-3-4-17-28/h8-15,19-20H,3-7,16-18H2,1-2H3,(H,27,31). The molecule has 2 unspecified atom stereocenters. The van der Waals surface area contributed by atoms with Crippen molar-refractivity contribution in [3.63, 3.8) is 0 Å². The molecule has 0 saturated carbocycles. The fourth-order valence-electron chi connectivity index (χ4n) is 4.83. The Morgan fingerprint density at radius 1 is 0.914 bits per heavy atom. The van der Waals surface area contributed by atoms with Crippen LogP contribution >= 0.6 is 0 Å². The lowest BCUT2D eigenvalue weighted by molar-refractivity contribution is -0.139. The molecule has 1 N–H and O–H groups in total. The first-order valence-electron chi connectivity index (χ1n) is 12.2. The highest BCUT2D eigenvalue weighted by atomic mass is 32.2. The Morgan fingerprint density at radius 3 is 2.11 bits per heavy atom. The van der Waals surface area contributed by atoms with E-state index < -0.39 is 10.0 Å². The van der Waals surface area contributed by atoms with Gasteiger partial charge in [-0.25, -0.2) is 8.42 Å². The van der Waals surface area contributed by atoms with Crippen LogP contribution in [0.3, 0.4) is 0 Å². The normalized spacial score (nSPS) is 21.0. The maximum Gasteiger partial charge on any atom is 0.260 e. The smallest absolute Gasteiger partial charge is 0.260 e. The number of sulfonamides is 1. The molecular weight excluding hydrogens is 466 g/mol. The number of likely N-dealkylation sites (tertiary alicyclic amines) is 1. The highest BCUT2D eigenvalue weighted by Crippen LogP contribution is 2.24. The van der Waals surface area contributed by atoms with Gasteiger partial charge in [-0.3, -0.25) is 9.59 Å². The lowest BCUT2D eigenvalue weighted by Gasteiger charge is -2.38. The summed E-state index contributed by atoms with van der Waals surface area (Å²) in [6, 6.07) is 13.2. The number of nitrogens with one attached hydrogen (secondary N) is 1. The Balaban J connectivity index is 1.31. The molecular formula is C26H33N3O5S. The number of carbonyl (C=O) groups is 2. The van der Waals surface area contributed by atoms with Crippen molar-refractivity contribution >= 4 is 27.5 Å². The molecule has 2 aromatic rings. The van der Waals surface area contributed by atoms with E-state index in [2.05, 4.69) is 19.2 Å². The second-order valence-corrected chi connectivity index (χ2v) is 11.3. The first-order valence-corrected chi connectivity index (χ1v) is 13.7. The highest BCUT2D eigenvalue weighted by molar-refractivity contribution is 7.89. The highest BCUT2D eigenvalue weighted by Gasteiger charge is 2.29. The summed E-state index contributed by atoms with van der Waals surface area (Å²) in [7, 11) is -3.49. The molecule has 2 amide bonds. The van der Waals surface area contributed by atoms with Crippen LogP contribution in [-0.4, -0.2) is 61.2 Å². The zero-order chi connectivity index (χ0) is 25.0. The van der Waals surface area contributed by atoms with Gasteiger partial charge in [-0.05, 0) is 94.5 Å². The van der Waals surface area contributed by atoms with Gasteiger partial charge in [-0.15, -0.1) is 0 Å². The molecule has 188 valence electrons. The van der Waals surface area contributed by atoms with Gasteiger partial charge in [0, 0.05) is 36.4 Å². The predicted molar refractivity (Wildman–Crippen MR) is 134 cm³/mol. The molecule has 0 aliphatic carbocycles. The monoisotopic (exact) mass is 499 g/mol. The van der Waals surface area contributed by atoms with Crippen LogP contribution < -0.4 is 10.1 Å². The third kappa shape index (κ3) is 5.85. The maximum atomic E-state index is 12.6. The summed E-state index contributed by atoms with van der Waals surface area (Å²) in [4.78, 5) is 27.4. The van der Waals surface area contributed by atoms with Crippen molar-refractivity contribution in [2.45, 2.75) is 62.9 Å². The predicted octanol–water partition coefficient (Wildman–Crippen LogP) is 3.89. The Morgan fingerprint density at radius 2 is 1.51 bits per heavy atom. The Hall–Kier alpha value is -2.91. The molecule has 4 rings (SSSR count). The molecule has 2 saturated heterocycles. The summed E-state index contributed by atoms with van der Waals surface area (Å²) < 4.78 is 32.4. The van der Waals surface area contributed by atoms with Gasteiger partial charge in [0.2, 0.25) is 10.0 Å². The summed E-state index contributed by atoms with van der Waals surface area (Å²) in [5, 5.41) is 2.78. The van der Waals surface area contributed by atoms with E-state index >= 15 is 0 Å². The van der Waals surface area contributed by atoms with E-state index in [4.69, 9.17) is 4.74 Å². The van der Waals surface area contributed by atoms with E-state index in [1.165, 1.54) is 16.4 Å². The molecule has 2 aliphatic rings. The van der Waals surface area contributed by atoms with E-state index in [1.54, 1.807) is 36.4 Å². The first-order chi connectivity index (χ1) is 16.8. The lowest BCUT2D eigenvalue weighted by atomic mass is 9.97. The minimum Gasteiger partial charge on any atom is -0.484 e. The van der Waals surface area contributed by atoms with E-state index in [0.717, 1.165) is 32.1 Å². The van der Waals surface area contributed by atoms with Gasteiger partial charge >= 0.3 is 0 Å². The topological polar surface area (TPSA) is 96.0 Å². The first kappa shape index (κ1) is 25.2. The summed E-state index contributed by atoms with van der Waals surface area (Å²) >= 11 is 0. The van der Waals surface area contributed by atoms with Crippen molar-refractivity contribution in [3.05, 3.63) is 54.1 Å². The second kappa shape index (κ2) is 10.8. The molecule has 2 heterocycles. The van der Waals surface area contributed by atoms with Crippen LogP contribution in [0.4, 0.5) is 5.69 Å². The molecule has 2 fully saturated rings. The summed E-state index contributed by atoms with van der Waals surface area (Å²) in [5.74, 6) is 0.171. The zero-order valence-electron chi connectivity index (χ0n) is 20.3. The van der Waals surface area contributed by atoms with Crippen LogP contribution in [0.1, 0.15) is 56.3 Å². The molecule has 2 aromatic carbocycles. The van der Waals surface area contributed by atoms with Crippen LogP contribution in [0.2, 0.25) is 0 Å². The molecule has 35 heavy (non-hydrogen) atoms. The Labute approximate surface area is 207 Å². The van der Waals surface area contributed by atoms with E-state index in [-0.39, 0.29) is 35.4 Å². The fraction of sp³-hybridized carbons (Fsp3) is 0.462. The largest absolute Gasteiger partial charge is 0.484 e. The van der Waals surface area contributed by atoms with Crippen molar-refractivity contribution in [2.24, 2.45) is 0 Å². The molecule has 0 spiro atoms. The number of hydrogen-bond acceptors (Lipinski definition) is 5. The van der Waals surface area contributed by atoms with Crippen LogP contribution in [0, 0.1) is 0 Å². The van der Waals surface area contributed by atoms with Crippen molar-refractivity contribution in [1.29, 1.82) is 0 Å². The van der Waals surface area contributed by atoms with Gasteiger partial charge in [-0.2, -0.15) is 4.31 Å². The van der Waals surface area contributed by atoms with Crippen LogP contribution in [0.15, 0.2) is 53.4 Å². The number of anilines is 1. The number of benzene rings is 2. The van der Waals surface area contributed by atoms with Crippen molar-refractivity contribution < 1.29 is 22.7 Å². The van der Waals surface area contributed by atoms with Gasteiger partial charge in [0.25, 0.3) is 11.8 Å². The van der Waals surface area contributed by atoms with Gasteiger partial charge in [0.05, 0.1) is 4.90 Å². The van der Waals surface area contributed by atoms with Gasteiger partial charge in [0.1, 0.15) is 5.75 Å². The molecule has 0 bridgehead atoms. The average molecular weight is 500 g/mol. The quantitative estimate of drug-likeness (QED) is 0.624. The molecule has 9 heteroatoms. The molecule has 2 atom stereocenters. The van der Waals surface area contributed by atoms with E-state index in [9.17, 15) is 18.0 Å². The molecule has 8 nitrogen and oxygen atoms in total. The number of ether oxygens (including phenoxy) is 1. The fourth-order valence-corrected chi connectivity index (χ4v) is 6.34. The zero-order valence-corrected chi connectivity index (χ0v) is 21.1. The molecule has 0 aromatic heterocycles. The number of nitrogens with zero attached hydrogens (tertiary/aromatic N) is 2. The van der Waals surface area contributed by atoms with Crippen LogP contribution in [0.5, 0.6) is 5.75 Å². The third-order valence-electron chi connectivity index (χ3n) is 6.78. The maximum absolute atomic E-state index is 12.6. The number of rotatable bonds is 7. The third-order valence-corrected chi connectivity index (χ3v) is 8.69. The number of amides is 2. The average Bonchev–Trinajstić information content (AvgIpc) is 3.39. The van der Waals surface area contributed by atoms with Crippen molar-refractivity contribution in [1.82, 2.24) is 9.21 Å². The van der Waals surface area contributed by atoms with Crippen LogP contribution in [-0.2, 0) is 14.8 Å². The van der Waals surface area contributed by atoms with Gasteiger partial charge in [-0.1, -0.05) is 0 Å². The van der Waals surface area contributed by atoms with Crippen molar-refractivity contribution in [3.8, 4) is 5.75 Å². The van der Waals surface area contributed by atoms with Gasteiger partial charge < -0.3 is 15.0 Å². The van der Waals surface area contributed by atoms with Crippen LogP contribution in [0.25, 0.3) is 0 Å². The number of hydrogen-bond donors (Lipinski definition) is 1. The number of carbonyl (C=O) groups excluding carboxylic acids is 2. The van der Waals surface area contributed by atoms with E-state index in [1.807, 2.05) is 4.90 Å². The molecule has 2 aliphatic heterocycles. The molecule has 0 radical (unpaired) electrons. The van der Waals surface area contributed by atoms with Gasteiger partial charge in [0.15, 0.2) is 6.61 Å². The SMILES string of the molecule is CC1CCCC(C)N1C(=O)COc1ccc(C(=O)Nc2ccc(S(=O)(=O)N3CCCC3)cc2)cc1. The Kier molecular flexibility index (Phi) is 7.76. The minimum absolute atomic E-state index is 0.0262. The van der Waals surface area contributed by atoms with E-state index in [0.29, 0.717) is 30.1 Å². The minimum atomic E-state index is -3.49. The summed E-state index contributed by atoms with van der Waals surface area (Å²) in [6.07, 6.45) is 4.92.